The van der Waals surface area contributed by atoms with Crippen LogP contribution in [0.4, 0.5) is 0 Å². The van der Waals surface area contributed by atoms with Crippen molar-refractivity contribution in [3.8, 4) is 11.8 Å². The van der Waals surface area contributed by atoms with Crippen molar-refractivity contribution in [1.82, 2.24) is 4.90 Å². The van der Waals surface area contributed by atoms with Gasteiger partial charge in [-0.05, 0) is 42.9 Å². The van der Waals surface area contributed by atoms with Gasteiger partial charge in [-0.15, -0.1) is 0 Å². The van der Waals surface area contributed by atoms with E-state index in [0.717, 1.165) is 24.2 Å². The van der Waals surface area contributed by atoms with Gasteiger partial charge in [0.1, 0.15) is 5.75 Å². The molecule has 0 aromatic heterocycles. The number of benzene rings is 2. The minimum absolute atomic E-state index is 0.0786. The molecule has 0 aliphatic rings. The zero-order valence-corrected chi connectivity index (χ0v) is 17.1. The molecule has 2 atom stereocenters. The Balaban J connectivity index is 2.07. The van der Waals surface area contributed by atoms with E-state index in [-0.39, 0.29) is 5.91 Å². The van der Waals surface area contributed by atoms with E-state index in [0.29, 0.717) is 25.4 Å². The molecule has 2 aromatic rings. The number of carbonyl (C=O) groups excluding carboxylic acids is 1. The normalized spacial score (nSPS) is 12.6. The Morgan fingerprint density at radius 2 is 1.75 bits per heavy atom. The maximum Gasteiger partial charge on any atom is 0.263 e. The summed E-state index contributed by atoms with van der Waals surface area (Å²) in [5.41, 5.74) is 2.30. The average molecular weight is 379 g/mol. The molecule has 1 amide bonds. The van der Waals surface area contributed by atoms with Crippen LogP contribution in [0.2, 0.25) is 0 Å². The second-order valence-corrected chi connectivity index (χ2v) is 7.08. The van der Waals surface area contributed by atoms with Crippen molar-refractivity contribution in [3.05, 3.63) is 65.7 Å². The van der Waals surface area contributed by atoms with Gasteiger partial charge in [-0.25, -0.2) is 0 Å². The highest BCUT2D eigenvalue weighted by atomic mass is 16.5. The second-order valence-electron chi connectivity index (χ2n) is 7.08. The molecule has 0 bridgehead atoms. The summed E-state index contributed by atoms with van der Waals surface area (Å²) in [7, 11) is 0. The number of nitriles is 1. The molecule has 0 aliphatic carbocycles. The van der Waals surface area contributed by atoms with Gasteiger partial charge in [0.25, 0.3) is 5.91 Å². The summed E-state index contributed by atoms with van der Waals surface area (Å²) in [6.07, 6.45) is 1.48. The first-order valence-electron chi connectivity index (χ1n) is 10.0. The molecule has 0 saturated heterocycles. The zero-order chi connectivity index (χ0) is 20.4. The number of ether oxygens (including phenoxy) is 1. The summed E-state index contributed by atoms with van der Waals surface area (Å²) in [4.78, 5) is 14.8. The van der Waals surface area contributed by atoms with Crippen LogP contribution in [-0.4, -0.2) is 30.0 Å². The Morgan fingerprint density at radius 3 is 2.43 bits per heavy atom. The highest BCUT2D eigenvalue weighted by Gasteiger charge is 2.23. The molecule has 0 radical (unpaired) electrons. The average Bonchev–Trinajstić information content (AvgIpc) is 2.74. The quantitative estimate of drug-likeness (QED) is 0.588. The van der Waals surface area contributed by atoms with Crippen molar-refractivity contribution >= 4 is 5.91 Å². The van der Waals surface area contributed by atoms with Gasteiger partial charge in [0.05, 0.1) is 12.5 Å². The van der Waals surface area contributed by atoms with Crippen LogP contribution in [0, 0.1) is 11.3 Å². The highest BCUT2D eigenvalue weighted by Crippen LogP contribution is 2.29. The minimum Gasteiger partial charge on any atom is -0.481 e. The number of hydrogen-bond donors (Lipinski definition) is 0. The van der Waals surface area contributed by atoms with Gasteiger partial charge in [-0.1, -0.05) is 62.4 Å². The second kappa shape index (κ2) is 11.1. The molecule has 0 heterocycles. The van der Waals surface area contributed by atoms with E-state index in [1.165, 1.54) is 5.56 Å². The number of hydrogen-bond acceptors (Lipinski definition) is 3. The van der Waals surface area contributed by atoms with E-state index in [1.807, 2.05) is 36.4 Å². The number of rotatable bonds is 10. The fraction of sp³-hybridized carbons (Fsp3) is 0.417. The molecule has 2 rings (SSSR count). The van der Waals surface area contributed by atoms with Gasteiger partial charge in [0.2, 0.25) is 0 Å². The monoisotopic (exact) mass is 378 g/mol. The van der Waals surface area contributed by atoms with Crippen molar-refractivity contribution in [1.29, 1.82) is 5.26 Å². The lowest BCUT2D eigenvalue weighted by molar-refractivity contribution is -0.137. The number of para-hydroxylation sites is 1. The molecule has 0 saturated carbocycles. The Labute approximate surface area is 168 Å². The highest BCUT2D eigenvalue weighted by molar-refractivity contribution is 5.81. The standard InChI is InChI=1S/C24H30N2O2/c1-4-19(2)22-13-8-9-14-23(22)28-20(3)24(27)26(17-10-16-25)18-15-21-11-6-5-7-12-21/h5-9,11-14,19-20H,4,10,15,17-18H2,1-3H3. The lowest BCUT2D eigenvalue weighted by atomic mass is 9.98. The fourth-order valence-corrected chi connectivity index (χ4v) is 3.14. The van der Waals surface area contributed by atoms with Crippen LogP contribution in [0.5, 0.6) is 5.75 Å². The first kappa shape index (κ1) is 21.5. The Kier molecular flexibility index (Phi) is 8.55. The van der Waals surface area contributed by atoms with Gasteiger partial charge in [0.15, 0.2) is 6.10 Å². The lowest BCUT2D eigenvalue weighted by Crippen LogP contribution is -2.42. The largest absolute Gasteiger partial charge is 0.481 e. The van der Waals surface area contributed by atoms with E-state index >= 15 is 0 Å². The molecule has 2 aromatic carbocycles. The summed E-state index contributed by atoms with van der Waals surface area (Å²) in [6, 6.07) is 20.1. The molecular weight excluding hydrogens is 348 g/mol. The zero-order valence-electron chi connectivity index (χ0n) is 17.1. The first-order chi connectivity index (χ1) is 13.6. The van der Waals surface area contributed by atoms with Crippen LogP contribution in [0.25, 0.3) is 0 Å². The predicted octanol–water partition coefficient (Wildman–Crippen LogP) is 4.95. The van der Waals surface area contributed by atoms with Crippen molar-refractivity contribution in [3.63, 3.8) is 0 Å². The van der Waals surface area contributed by atoms with E-state index in [1.54, 1.807) is 11.8 Å². The Morgan fingerprint density at radius 1 is 1.07 bits per heavy atom. The van der Waals surface area contributed by atoms with Crippen molar-refractivity contribution < 1.29 is 9.53 Å². The fourth-order valence-electron chi connectivity index (χ4n) is 3.14. The predicted molar refractivity (Wildman–Crippen MR) is 112 cm³/mol. The van der Waals surface area contributed by atoms with Gasteiger partial charge in [0, 0.05) is 13.1 Å². The van der Waals surface area contributed by atoms with Crippen molar-refractivity contribution in [2.75, 3.05) is 13.1 Å². The number of carbonyl (C=O) groups is 1. The molecule has 0 aliphatic heterocycles. The molecule has 28 heavy (non-hydrogen) atoms. The number of nitrogens with zero attached hydrogens (tertiary/aromatic N) is 2. The summed E-state index contributed by atoms with van der Waals surface area (Å²) in [5.74, 6) is 1.05. The number of amides is 1. The molecule has 0 N–H and O–H groups in total. The third-order valence-corrected chi connectivity index (χ3v) is 5.03. The van der Waals surface area contributed by atoms with E-state index < -0.39 is 6.10 Å². The molecule has 2 unspecified atom stereocenters. The van der Waals surface area contributed by atoms with Crippen LogP contribution < -0.4 is 4.74 Å². The van der Waals surface area contributed by atoms with Gasteiger partial charge < -0.3 is 9.64 Å². The molecular formula is C24H30N2O2. The van der Waals surface area contributed by atoms with Gasteiger partial charge in [-0.3, -0.25) is 4.79 Å². The maximum absolute atomic E-state index is 13.0. The third-order valence-electron chi connectivity index (χ3n) is 5.03. The lowest BCUT2D eigenvalue weighted by Gasteiger charge is -2.26. The molecule has 0 spiro atoms. The van der Waals surface area contributed by atoms with Crippen LogP contribution in [0.3, 0.4) is 0 Å². The van der Waals surface area contributed by atoms with Crippen LogP contribution >= 0.6 is 0 Å². The topological polar surface area (TPSA) is 53.3 Å². The Bertz CT molecular complexity index is 783. The summed E-state index contributed by atoms with van der Waals surface area (Å²) >= 11 is 0. The van der Waals surface area contributed by atoms with E-state index in [2.05, 4.69) is 38.1 Å². The first-order valence-corrected chi connectivity index (χ1v) is 10.0. The van der Waals surface area contributed by atoms with Crippen LogP contribution in [-0.2, 0) is 11.2 Å². The maximum atomic E-state index is 13.0. The Hall–Kier alpha value is -2.80. The van der Waals surface area contributed by atoms with Crippen LogP contribution in [0.15, 0.2) is 54.6 Å². The smallest absolute Gasteiger partial charge is 0.263 e. The molecule has 4 heteroatoms. The SMILES string of the molecule is CCC(C)c1ccccc1OC(C)C(=O)N(CCC#N)CCc1ccccc1. The third kappa shape index (κ3) is 6.13. The summed E-state index contributed by atoms with van der Waals surface area (Å²) in [6.45, 7) is 7.09. The van der Waals surface area contributed by atoms with Gasteiger partial charge in [-0.2, -0.15) is 5.26 Å². The van der Waals surface area contributed by atoms with Crippen LogP contribution in [0.1, 0.15) is 50.7 Å². The van der Waals surface area contributed by atoms with Crippen molar-refractivity contribution in [2.24, 2.45) is 0 Å². The molecule has 0 fully saturated rings. The van der Waals surface area contributed by atoms with Gasteiger partial charge >= 0.3 is 0 Å². The summed E-state index contributed by atoms with van der Waals surface area (Å²) in [5, 5.41) is 8.96. The van der Waals surface area contributed by atoms with E-state index in [9.17, 15) is 4.79 Å². The minimum atomic E-state index is -0.598. The summed E-state index contributed by atoms with van der Waals surface area (Å²) < 4.78 is 6.07. The molecule has 148 valence electrons. The molecule has 4 nitrogen and oxygen atoms in total. The van der Waals surface area contributed by atoms with Crippen molar-refractivity contribution in [2.45, 2.75) is 52.1 Å². The van der Waals surface area contributed by atoms with E-state index in [4.69, 9.17) is 10.00 Å².